The number of primary amides is 1. The van der Waals surface area contributed by atoms with Crippen molar-refractivity contribution in [2.75, 3.05) is 6.61 Å². The van der Waals surface area contributed by atoms with Gasteiger partial charge in [-0.1, -0.05) is 0 Å². The van der Waals surface area contributed by atoms with E-state index >= 15 is 0 Å². The molecule has 0 saturated heterocycles. The van der Waals surface area contributed by atoms with Gasteiger partial charge in [0.2, 0.25) is 0 Å². The molecule has 7 nitrogen and oxygen atoms in total. The van der Waals surface area contributed by atoms with Crippen LogP contribution in [0.3, 0.4) is 0 Å². The van der Waals surface area contributed by atoms with E-state index in [0.29, 0.717) is 29.2 Å². The van der Waals surface area contributed by atoms with Crippen LogP contribution in [-0.2, 0) is 6.61 Å². The summed E-state index contributed by atoms with van der Waals surface area (Å²) in [7, 11) is 0. The fourth-order valence-electron chi connectivity index (χ4n) is 1.75. The number of aliphatic hydroxyl groups excluding tert-OH is 1. The van der Waals surface area contributed by atoms with Crippen LogP contribution in [0.25, 0.3) is 11.3 Å². The zero-order valence-electron chi connectivity index (χ0n) is 10.4. The highest BCUT2D eigenvalue weighted by atomic mass is 16.5. The number of aromatic nitrogens is 3. The third-order valence-electron chi connectivity index (χ3n) is 2.59. The van der Waals surface area contributed by atoms with E-state index in [1.54, 1.807) is 18.2 Å². The molecule has 2 aromatic rings. The minimum atomic E-state index is -0.664. The topological polar surface area (TPSA) is 114 Å². The van der Waals surface area contributed by atoms with Crippen molar-refractivity contribution < 1.29 is 14.6 Å². The molecule has 19 heavy (non-hydrogen) atoms. The van der Waals surface area contributed by atoms with E-state index in [-0.39, 0.29) is 12.3 Å². The molecule has 1 heterocycles. The van der Waals surface area contributed by atoms with Gasteiger partial charge in [0.05, 0.1) is 13.2 Å². The molecular weight excluding hydrogens is 248 g/mol. The number of nitrogens with zero attached hydrogens (tertiary/aromatic N) is 2. The number of rotatable bonds is 5. The van der Waals surface area contributed by atoms with Crippen molar-refractivity contribution in [3.05, 3.63) is 29.5 Å². The van der Waals surface area contributed by atoms with Gasteiger partial charge in [-0.15, -0.1) is 0 Å². The Morgan fingerprint density at radius 3 is 2.89 bits per heavy atom. The Labute approximate surface area is 109 Å². The van der Waals surface area contributed by atoms with Crippen LogP contribution >= 0.6 is 0 Å². The number of benzene rings is 1. The number of nitrogens with two attached hydrogens (primary N) is 1. The number of amides is 1. The van der Waals surface area contributed by atoms with Gasteiger partial charge in [0.25, 0.3) is 5.91 Å². The first-order chi connectivity index (χ1) is 9.17. The largest absolute Gasteiger partial charge is 0.494 e. The average molecular weight is 262 g/mol. The summed E-state index contributed by atoms with van der Waals surface area (Å²) in [6, 6.07) is 5.13. The maximum absolute atomic E-state index is 11.2. The zero-order valence-corrected chi connectivity index (χ0v) is 10.4. The third-order valence-corrected chi connectivity index (χ3v) is 2.59. The number of hydrogen-bond donors (Lipinski definition) is 3. The van der Waals surface area contributed by atoms with Crippen molar-refractivity contribution in [2.45, 2.75) is 13.5 Å². The minimum Gasteiger partial charge on any atom is -0.494 e. The lowest BCUT2D eigenvalue weighted by atomic mass is 10.1. The Morgan fingerprint density at radius 2 is 2.26 bits per heavy atom. The predicted octanol–water partition coefficient (Wildman–Crippen LogP) is 0.462. The van der Waals surface area contributed by atoms with E-state index in [4.69, 9.17) is 10.5 Å². The average Bonchev–Trinajstić information content (AvgIpc) is 2.89. The van der Waals surface area contributed by atoms with Crippen molar-refractivity contribution in [1.29, 1.82) is 0 Å². The first-order valence-electron chi connectivity index (χ1n) is 5.74. The van der Waals surface area contributed by atoms with Crippen LogP contribution in [0.5, 0.6) is 5.75 Å². The molecule has 0 aliphatic heterocycles. The van der Waals surface area contributed by atoms with Gasteiger partial charge in [0.1, 0.15) is 11.4 Å². The number of H-pyrrole nitrogens is 1. The maximum Gasteiger partial charge on any atom is 0.271 e. The Morgan fingerprint density at radius 1 is 1.47 bits per heavy atom. The van der Waals surface area contributed by atoms with Crippen molar-refractivity contribution in [1.82, 2.24) is 15.4 Å². The molecule has 4 N–H and O–H groups in total. The van der Waals surface area contributed by atoms with E-state index in [9.17, 15) is 9.90 Å². The number of nitrogens with one attached hydrogen (secondary N) is 1. The molecule has 1 amide bonds. The summed E-state index contributed by atoms with van der Waals surface area (Å²) in [6.45, 7) is 2.19. The van der Waals surface area contributed by atoms with E-state index in [2.05, 4.69) is 15.4 Å². The number of ether oxygens (including phenoxy) is 1. The van der Waals surface area contributed by atoms with Crippen LogP contribution in [0.2, 0.25) is 0 Å². The highest BCUT2D eigenvalue weighted by Crippen LogP contribution is 2.27. The molecule has 0 saturated carbocycles. The van der Waals surface area contributed by atoms with E-state index in [0.717, 1.165) is 0 Å². The van der Waals surface area contributed by atoms with Crippen LogP contribution < -0.4 is 10.5 Å². The monoisotopic (exact) mass is 262 g/mol. The number of aliphatic hydroxyl groups is 1. The van der Waals surface area contributed by atoms with Gasteiger partial charge in [-0.05, 0) is 25.1 Å². The molecule has 0 bridgehead atoms. The number of aromatic amines is 1. The molecular formula is C12H14N4O3. The van der Waals surface area contributed by atoms with Gasteiger partial charge in [-0.2, -0.15) is 15.4 Å². The van der Waals surface area contributed by atoms with Gasteiger partial charge in [0, 0.05) is 11.1 Å². The summed E-state index contributed by atoms with van der Waals surface area (Å²) in [5.74, 6) is -0.0685. The number of carbonyl (C=O) groups is 1. The second kappa shape index (κ2) is 5.49. The maximum atomic E-state index is 11.2. The predicted molar refractivity (Wildman–Crippen MR) is 67.4 cm³/mol. The molecule has 7 heteroatoms. The molecule has 0 atom stereocenters. The molecule has 1 aromatic carbocycles. The molecule has 100 valence electrons. The fourth-order valence-corrected chi connectivity index (χ4v) is 1.75. The molecule has 0 aliphatic rings. The summed E-state index contributed by atoms with van der Waals surface area (Å²) in [5.41, 5.74) is 6.87. The van der Waals surface area contributed by atoms with Crippen molar-refractivity contribution in [2.24, 2.45) is 5.73 Å². The Kier molecular flexibility index (Phi) is 3.76. The fraction of sp³-hybridized carbons (Fsp3) is 0.250. The summed E-state index contributed by atoms with van der Waals surface area (Å²) in [5, 5.41) is 19.3. The van der Waals surface area contributed by atoms with Crippen molar-refractivity contribution in [3.8, 4) is 17.0 Å². The smallest absolute Gasteiger partial charge is 0.271 e. The molecule has 1 aromatic heterocycles. The summed E-state index contributed by atoms with van der Waals surface area (Å²) < 4.78 is 5.38. The molecule has 0 unspecified atom stereocenters. The van der Waals surface area contributed by atoms with Crippen LogP contribution in [0.1, 0.15) is 23.0 Å². The Balaban J connectivity index is 2.45. The molecule has 0 spiro atoms. The minimum absolute atomic E-state index is 0.0630. The third kappa shape index (κ3) is 2.55. The second-order valence-electron chi connectivity index (χ2n) is 3.80. The summed E-state index contributed by atoms with van der Waals surface area (Å²) in [6.07, 6.45) is 0. The SMILES string of the molecule is CCOc1ccc(-c2n[nH]nc2C(N)=O)cc1CO. The van der Waals surface area contributed by atoms with Crippen LogP contribution in [-0.4, -0.2) is 33.0 Å². The van der Waals surface area contributed by atoms with Gasteiger partial charge >= 0.3 is 0 Å². The number of carbonyl (C=O) groups excluding carboxylic acids is 1. The van der Waals surface area contributed by atoms with Gasteiger partial charge in [0.15, 0.2) is 5.69 Å². The van der Waals surface area contributed by atoms with Crippen molar-refractivity contribution in [3.63, 3.8) is 0 Å². The highest BCUT2D eigenvalue weighted by Gasteiger charge is 2.16. The lowest BCUT2D eigenvalue weighted by molar-refractivity contribution is 0.0996. The molecule has 2 rings (SSSR count). The Hall–Kier alpha value is -2.41. The highest BCUT2D eigenvalue weighted by molar-refractivity contribution is 5.96. The zero-order chi connectivity index (χ0) is 13.8. The van der Waals surface area contributed by atoms with Gasteiger partial charge in [-0.3, -0.25) is 4.79 Å². The summed E-state index contributed by atoms with van der Waals surface area (Å²) in [4.78, 5) is 11.2. The van der Waals surface area contributed by atoms with Crippen LogP contribution in [0.4, 0.5) is 0 Å². The summed E-state index contributed by atoms with van der Waals surface area (Å²) >= 11 is 0. The normalized spacial score (nSPS) is 10.4. The van der Waals surface area contributed by atoms with E-state index < -0.39 is 5.91 Å². The van der Waals surface area contributed by atoms with Crippen molar-refractivity contribution >= 4 is 5.91 Å². The quantitative estimate of drug-likeness (QED) is 0.724. The molecule has 0 aliphatic carbocycles. The second-order valence-corrected chi connectivity index (χ2v) is 3.80. The van der Waals surface area contributed by atoms with E-state index in [1.807, 2.05) is 6.92 Å². The first kappa shape index (κ1) is 13.0. The van der Waals surface area contributed by atoms with Gasteiger partial charge in [-0.25, -0.2) is 0 Å². The lowest BCUT2D eigenvalue weighted by Crippen LogP contribution is -2.12. The van der Waals surface area contributed by atoms with Gasteiger partial charge < -0.3 is 15.6 Å². The molecule has 0 radical (unpaired) electrons. The Bertz CT molecular complexity index is 594. The lowest BCUT2D eigenvalue weighted by Gasteiger charge is -2.09. The standard InChI is InChI=1S/C12H14N4O3/c1-2-19-9-4-3-7(5-8(9)6-17)10-11(12(13)18)15-16-14-10/h3-5,17H,2,6H2,1H3,(H2,13,18)(H,14,15,16). The first-order valence-corrected chi connectivity index (χ1v) is 5.74. The van der Waals surface area contributed by atoms with E-state index in [1.165, 1.54) is 0 Å². The molecule has 0 fully saturated rings. The number of hydrogen-bond acceptors (Lipinski definition) is 5. The van der Waals surface area contributed by atoms with Crippen LogP contribution in [0.15, 0.2) is 18.2 Å². The van der Waals surface area contributed by atoms with Crippen LogP contribution in [0, 0.1) is 0 Å².